The van der Waals surface area contributed by atoms with E-state index in [0.717, 1.165) is 32.1 Å². The number of piperidine rings is 1. The van der Waals surface area contributed by atoms with Gasteiger partial charge in [-0.25, -0.2) is 0 Å². The van der Waals surface area contributed by atoms with Crippen molar-refractivity contribution < 1.29 is 8.42 Å². The van der Waals surface area contributed by atoms with Crippen LogP contribution in [0.1, 0.15) is 32.1 Å². The fourth-order valence-electron chi connectivity index (χ4n) is 2.22. The zero-order chi connectivity index (χ0) is 11.6. The van der Waals surface area contributed by atoms with Crippen molar-refractivity contribution in [3.8, 4) is 0 Å². The van der Waals surface area contributed by atoms with E-state index < -0.39 is 10.2 Å². The lowest BCUT2D eigenvalue weighted by molar-refractivity contribution is 0.301. The second-order valence-electron chi connectivity index (χ2n) is 4.60. The summed E-state index contributed by atoms with van der Waals surface area (Å²) in [6.45, 7) is 2.22. The van der Waals surface area contributed by atoms with Crippen LogP contribution in [0, 0.1) is 0 Å². The number of nitrogens with two attached hydrogens (primary N) is 1. The van der Waals surface area contributed by atoms with Gasteiger partial charge >= 0.3 is 0 Å². The van der Waals surface area contributed by atoms with Crippen molar-refractivity contribution in [2.24, 2.45) is 5.73 Å². The molecule has 0 spiro atoms. The number of nitrogens with zero attached hydrogens (tertiary/aromatic N) is 2. The summed E-state index contributed by atoms with van der Waals surface area (Å²) in [7, 11) is -3.24. The largest absolute Gasteiger partial charge is 0.329 e. The maximum atomic E-state index is 12.4. The Morgan fingerprint density at radius 2 is 1.81 bits per heavy atom. The van der Waals surface area contributed by atoms with E-state index in [-0.39, 0.29) is 6.04 Å². The molecule has 0 unspecified atom stereocenters. The van der Waals surface area contributed by atoms with Crippen LogP contribution in [-0.4, -0.2) is 49.2 Å². The maximum Gasteiger partial charge on any atom is 0.282 e. The maximum absolute atomic E-state index is 12.4. The number of hydrogen-bond acceptors (Lipinski definition) is 3. The lowest BCUT2D eigenvalue weighted by Crippen LogP contribution is -2.48. The topological polar surface area (TPSA) is 66.6 Å². The van der Waals surface area contributed by atoms with E-state index in [1.165, 1.54) is 0 Å². The molecule has 16 heavy (non-hydrogen) atoms. The van der Waals surface area contributed by atoms with Crippen LogP contribution in [0.15, 0.2) is 0 Å². The molecule has 0 atom stereocenters. The molecule has 5 nitrogen and oxygen atoms in total. The normalized spacial score (nSPS) is 23.9. The molecule has 1 heterocycles. The van der Waals surface area contributed by atoms with E-state index in [4.69, 9.17) is 5.73 Å². The first-order valence-electron chi connectivity index (χ1n) is 6.13. The Morgan fingerprint density at radius 1 is 1.19 bits per heavy atom. The third-order valence-corrected chi connectivity index (χ3v) is 5.33. The standard InChI is InChI=1S/C10H21N3O2S/c11-6-9-13(10-4-5-10)16(14,15)12-7-2-1-3-8-12/h10H,1-9,11H2. The van der Waals surface area contributed by atoms with E-state index in [9.17, 15) is 8.42 Å². The summed E-state index contributed by atoms with van der Waals surface area (Å²) in [5, 5.41) is 0. The van der Waals surface area contributed by atoms with Gasteiger partial charge in [0.05, 0.1) is 0 Å². The van der Waals surface area contributed by atoms with Crippen molar-refractivity contribution in [2.45, 2.75) is 38.1 Å². The van der Waals surface area contributed by atoms with Gasteiger partial charge < -0.3 is 5.73 Å². The molecule has 2 rings (SSSR count). The monoisotopic (exact) mass is 247 g/mol. The lowest BCUT2D eigenvalue weighted by atomic mass is 10.2. The van der Waals surface area contributed by atoms with Crippen LogP contribution in [0.2, 0.25) is 0 Å². The average molecular weight is 247 g/mol. The molecule has 0 bridgehead atoms. The minimum atomic E-state index is -3.24. The van der Waals surface area contributed by atoms with Gasteiger partial charge in [-0.2, -0.15) is 17.0 Å². The molecule has 0 aromatic carbocycles. The molecule has 0 amide bonds. The molecule has 2 fully saturated rings. The van der Waals surface area contributed by atoms with Crippen molar-refractivity contribution in [3.05, 3.63) is 0 Å². The Hall–Kier alpha value is -0.170. The van der Waals surface area contributed by atoms with E-state index in [1.807, 2.05) is 0 Å². The predicted octanol–water partition coefficient (Wildman–Crippen LogP) is 0.140. The molecule has 6 heteroatoms. The minimum Gasteiger partial charge on any atom is -0.329 e. The molecular weight excluding hydrogens is 226 g/mol. The van der Waals surface area contributed by atoms with Gasteiger partial charge in [0.1, 0.15) is 0 Å². The van der Waals surface area contributed by atoms with Gasteiger partial charge in [0, 0.05) is 32.2 Å². The second kappa shape index (κ2) is 5.00. The summed E-state index contributed by atoms with van der Waals surface area (Å²) in [5.74, 6) is 0. The fraction of sp³-hybridized carbons (Fsp3) is 1.00. The summed E-state index contributed by atoms with van der Waals surface area (Å²) in [6, 6.07) is 0.218. The van der Waals surface area contributed by atoms with E-state index >= 15 is 0 Å². The van der Waals surface area contributed by atoms with Crippen LogP contribution in [-0.2, 0) is 10.2 Å². The van der Waals surface area contributed by atoms with E-state index in [1.54, 1.807) is 8.61 Å². The molecule has 1 aliphatic heterocycles. The summed E-state index contributed by atoms with van der Waals surface area (Å²) in [5.41, 5.74) is 5.50. The third-order valence-electron chi connectivity index (χ3n) is 3.24. The van der Waals surface area contributed by atoms with E-state index in [0.29, 0.717) is 26.2 Å². The molecule has 1 aliphatic carbocycles. The highest BCUT2D eigenvalue weighted by atomic mass is 32.2. The Bertz CT molecular complexity index is 321. The highest BCUT2D eigenvalue weighted by Crippen LogP contribution is 2.30. The molecule has 94 valence electrons. The van der Waals surface area contributed by atoms with Crippen LogP contribution < -0.4 is 5.73 Å². The van der Waals surface area contributed by atoms with Gasteiger partial charge in [0.2, 0.25) is 0 Å². The van der Waals surface area contributed by atoms with Crippen LogP contribution in [0.25, 0.3) is 0 Å². The Labute approximate surface area is 97.8 Å². The second-order valence-corrected chi connectivity index (χ2v) is 6.48. The average Bonchev–Trinajstić information content (AvgIpc) is 3.11. The van der Waals surface area contributed by atoms with Gasteiger partial charge in [-0.1, -0.05) is 6.42 Å². The van der Waals surface area contributed by atoms with Crippen molar-refractivity contribution in [3.63, 3.8) is 0 Å². The van der Waals surface area contributed by atoms with Gasteiger partial charge in [0.25, 0.3) is 10.2 Å². The summed E-state index contributed by atoms with van der Waals surface area (Å²) in [6.07, 6.45) is 5.10. The first-order valence-corrected chi connectivity index (χ1v) is 7.53. The summed E-state index contributed by atoms with van der Waals surface area (Å²) in [4.78, 5) is 0. The summed E-state index contributed by atoms with van der Waals surface area (Å²) >= 11 is 0. The zero-order valence-electron chi connectivity index (χ0n) is 9.64. The zero-order valence-corrected chi connectivity index (χ0v) is 10.5. The van der Waals surface area contributed by atoms with Gasteiger partial charge in [-0.05, 0) is 25.7 Å². The van der Waals surface area contributed by atoms with Gasteiger partial charge in [0.15, 0.2) is 0 Å². The Balaban J connectivity index is 2.07. The molecule has 0 radical (unpaired) electrons. The molecule has 0 aromatic heterocycles. The molecular formula is C10H21N3O2S. The summed E-state index contributed by atoms with van der Waals surface area (Å²) < 4.78 is 27.9. The molecule has 1 saturated heterocycles. The van der Waals surface area contributed by atoms with Crippen LogP contribution in [0.4, 0.5) is 0 Å². The third kappa shape index (κ3) is 2.56. The lowest BCUT2D eigenvalue weighted by Gasteiger charge is -2.32. The predicted molar refractivity (Wildman–Crippen MR) is 63.1 cm³/mol. The Morgan fingerprint density at radius 3 is 2.31 bits per heavy atom. The van der Waals surface area contributed by atoms with Crippen LogP contribution >= 0.6 is 0 Å². The molecule has 2 aliphatic rings. The number of hydrogen-bond donors (Lipinski definition) is 1. The molecule has 2 N–H and O–H groups in total. The smallest absolute Gasteiger partial charge is 0.282 e. The highest BCUT2D eigenvalue weighted by molar-refractivity contribution is 7.86. The highest BCUT2D eigenvalue weighted by Gasteiger charge is 2.39. The first kappa shape index (κ1) is 12.3. The fourth-order valence-corrected chi connectivity index (χ4v) is 4.16. The molecule has 1 saturated carbocycles. The Kier molecular flexibility index (Phi) is 3.84. The SMILES string of the molecule is NCCN(C1CC1)S(=O)(=O)N1CCCCC1. The first-order chi connectivity index (χ1) is 7.66. The van der Waals surface area contributed by atoms with Crippen molar-refractivity contribution in [1.82, 2.24) is 8.61 Å². The van der Waals surface area contributed by atoms with Crippen LogP contribution in [0.5, 0.6) is 0 Å². The van der Waals surface area contributed by atoms with Crippen molar-refractivity contribution in [1.29, 1.82) is 0 Å². The molecule has 0 aromatic rings. The van der Waals surface area contributed by atoms with Gasteiger partial charge in [-0.3, -0.25) is 0 Å². The minimum absolute atomic E-state index is 0.218. The van der Waals surface area contributed by atoms with Crippen molar-refractivity contribution in [2.75, 3.05) is 26.2 Å². The van der Waals surface area contributed by atoms with Gasteiger partial charge in [-0.15, -0.1) is 0 Å². The van der Waals surface area contributed by atoms with Crippen LogP contribution in [0.3, 0.4) is 0 Å². The van der Waals surface area contributed by atoms with Crippen molar-refractivity contribution >= 4 is 10.2 Å². The van der Waals surface area contributed by atoms with E-state index in [2.05, 4.69) is 0 Å². The quantitative estimate of drug-likeness (QED) is 0.751. The number of rotatable bonds is 5.